The molecule has 0 spiro atoms. The summed E-state index contributed by atoms with van der Waals surface area (Å²) < 4.78 is 2.01. The number of hydrogen-bond donors (Lipinski definition) is 2. The molecule has 21 heavy (non-hydrogen) atoms. The largest absolute Gasteiger partial charge is 0.479 e. The highest BCUT2D eigenvalue weighted by atomic mass is 16.6. The summed E-state index contributed by atoms with van der Waals surface area (Å²) >= 11 is 0. The molecule has 1 atom stereocenters. The van der Waals surface area contributed by atoms with E-state index in [1.807, 2.05) is 16.8 Å². The van der Waals surface area contributed by atoms with Gasteiger partial charge in [-0.15, -0.1) is 0 Å². The lowest BCUT2D eigenvalue weighted by Crippen LogP contribution is -2.26. The van der Waals surface area contributed by atoms with Crippen molar-refractivity contribution in [1.82, 2.24) is 9.55 Å². The van der Waals surface area contributed by atoms with Crippen molar-refractivity contribution in [2.45, 2.75) is 51.2 Å². The van der Waals surface area contributed by atoms with Crippen LogP contribution in [-0.4, -0.2) is 26.7 Å². The number of hydrogen-bond acceptors (Lipinski definition) is 4. The van der Waals surface area contributed by atoms with Crippen LogP contribution in [0.5, 0.6) is 0 Å². The molecule has 1 unspecified atom stereocenters. The van der Waals surface area contributed by atoms with Crippen molar-refractivity contribution in [2.75, 3.05) is 0 Å². The van der Waals surface area contributed by atoms with Gasteiger partial charge in [-0.25, -0.2) is 15.7 Å². The molecule has 1 aliphatic carbocycles. The first kappa shape index (κ1) is 15.7. The molecule has 1 aliphatic rings. The molecular formula is C15H23N3O3. The summed E-state index contributed by atoms with van der Waals surface area (Å²) in [6, 6.07) is 0. The van der Waals surface area contributed by atoms with Crippen LogP contribution in [0.2, 0.25) is 0 Å². The first-order valence-corrected chi connectivity index (χ1v) is 7.43. The van der Waals surface area contributed by atoms with Crippen LogP contribution in [0.3, 0.4) is 0 Å². The highest BCUT2D eigenvalue weighted by Crippen LogP contribution is 2.31. The van der Waals surface area contributed by atoms with Gasteiger partial charge in [0.1, 0.15) is 0 Å². The molecule has 3 N–H and O–H groups in total. The van der Waals surface area contributed by atoms with Gasteiger partial charge in [-0.3, -0.25) is 4.84 Å². The van der Waals surface area contributed by atoms with Gasteiger partial charge in [-0.05, 0) is 18.8 Å². The zero-order valence-corrected chi connectivity index (χ0v) is 12.1. The van der Waals surface area contributed by atoms with Gasteiger partial charge in [0.25, 0.3) is 0 Å². The minimum Gasteiger partial charge on any atom is -0.479 e. The summed E-state index contributed by atoms with van der Waals surface area (Å²) in [7, 11) is 0. The van der Waals surface area contributed by atoms with Crippen LogP contribution in [-0.2, 0) is 16.2 Å². The number of aromatic nitrogens is 2. The van der Waals surface area contributed by atoms with E-state index in [0.29, 0.717) is 12.3 Å². The summed E-state index contributed by atoms with van der Waals surface area (Å²) in [4.78, 5) is 19.6. The van der Waals surface area contributed by atoms with Crippen LogP contribution in [0.1, 0.15) is 38.5 Å². The van der Waals surface area contributed by atoms with Crippen molar-refractivity contribution in [2.24, 2.45) is 11.8 Å². The molecule has 1 fully saturated rings. The predicted molar refractivity (Wildman–Crippen MR) is 78.2 cm³/mol. The molecule has 0 amide bonds. The van der Waals surface area contributed by atoms with Crippen LogP contribution in [0, 0.1) is 5.92 Å². The Morgan fingerprint density at radius 3 is 2.81 bits per heavy atom. The Kier molecular flexibility index (Phi) is 5.95. The molecule has 1 heterocycles. The minimum absolute atomic E-state index is 0.298. The maximum atomic E-state index is 11.0. The molecule has 2 rings (SSSR count). The molecule has 6 heteroatoms. The van der Waals surface area contributed by atoms with Gasteiger partial charge in [0.05, 0.1) is 6.33 Å². The molecule has 116 valence electrons. The Labute approximate surface area is 124 Å². The molecular weight excluding hydrogens is 270 g/mol. The topological polar surface area (TPSA) is 90.4 Å². The molecule has 0 saturated heterocycles. The third-order valence-electron chi connectivity index (χ3n) is 4.09. The van der Waals surface area contributed by atoms with E-state index in [9.17, 15) is 4.79 Å². The maximum Gasteiger partial charge on any atom is 0.335 e. The molecule has 0 aliphatic heterocycles. The van der Waals surface area contributed by atoms with Crippen LogP contribution < -0.4 is 5.90 Å². The molecule has 0 aromatic carbocycles. The van der Waals surface area contributed by atoms with E-state index in [4.69, 9.17) is 11.0 Å². The van der Waals surface area contributed by atoms with E-state index in [-0.39, 0.29) is 0 Å². The average molecular weight is 293 g/mol. The lowest BCUT2D eigenvalue weighted by molar-refractivity contribution is -0.150. The van der Waals surface area contributed by atoms with Crippen molar-refractivity contribution in [3.8, 4) is 0 Å². The second kappa shape index (κ2) is 7.95. The maximum absolute atomic E-state index is 11.0. The Balaban J connectivity index is 2.07. The van der Waals surface area contributed by atoms with Gasteiger partial charge < -0.3 is 9.67 Å². The summed E-state index contributed by atoms with van der Waals surface area (Å²) in [6.45, 7) is 0.752. The fourth-order valence-corrected chi connectivity index (χ4v) is 2.90. The van der Waals surface area contributed by atoms with Gasteiger partial charge in [-0.2, -0.15) is 0 Å². The molecule has 1 aromatic heterocycles. The lowest BCUT2D eigenvalue weighted by atomic mass is 9.83. The van der Waals surface area contributed by atoms with E-state index in [0.717, 1.165) is 6.54 Å². The zero-order chi connectivity index (χ0) is 15.1. The average Bonchev–Trinajstić information content (AvgIpc) is 3.00. The van der Waals surface area contributed by atoms with Gasteiger partial charge in [0.2, 0.25) is 0 Å². The summed E-state index contributed by atoms with van der Waals surface area (Å²) in [5.41, 5.74) is 1.26. The van der Waals surface area contributed by atoms with Crippen molar-refractivity contribution in [3.05, 3.63) is 30.4 Å². The van der Waals surface area contributed by atoms with Crippen molar-refractivity contribution >= 4 is 5.97 Å². The van der Waals surface area contributed by atoms with Gasteiger partial charge >= 0.3 is 5.97 Å². The van der Waals surface area contributed by atoms with Gasteiger partial charge in [0, 0.05) is 25.4 Å². The molecule has 1 aromatic rings. The number of carbonyl (C=O) groups is 1. The van der Waals surface area contributed by atoms with E-state index in [1.165, 1.54) is 37.7 Å². The van der Waals surface area contributed by atoms with E-state index >= 15 is 0 Å². The number of allylic oxidation sites excluding steroid dienone is 1. The number of carboxylic acids is 1. The first-order valence-electron chi connectivity index (χ1n) is 7.43. The molecule has 0 radical (unpaired) electrons. The molecule has 1 saturated carbocycles. The fourth-order valence-electron chi connectivity index (χ4n) is 2.90. The monoisotopic (exact) mass is 293 g/mol. The standard InChI is InChI=1S/C15H23N3O3/c16-21-14(15(19)20)7-6-13(10-18-9-8-17-11-18)12-4-2-1-3-5-12/h6,8-9,11-12,14H,1-5,7,10,16H2,(H,19,20). The van der Waals surface area contributed by atoms with Gasteiger partial charge in [-0.1, -0.05) is 30.9 Å². The van der Waals surface area contributed by atoms with E-state index in [1.54, 1.807) is 12.5 Å². The lowest BCUT2D eigenvalue weighted by Gasteiger charge is -2.25. The smallest absolute Gasteiger partial charge is 0.335 e. The van der Waals surface area contributed by atoms with Crippen LogP contribution >= 0.6 is 0 Å². The molecule has 0 bridgehead atoms. The van der Waals surface area contributed by atoms with Gasteiger partial charge in [0.15, 0.2) is 6.10 Å². The Morgan fingerprint density at radius 1 is 1.48 bits per heavy atom. The Bertz CT molecular complexity index is 465. The SMILES string of the molecule is NOC(CC=C(Cn1ccnc1)C1CCCCC1)C(=O)O. The van der Waals surface area contributed by atoms with Crippen molar-refractivity contribution < 1.29 is 14.7 Å². The number of carboxylic acid groups (broad SMARTS) is 1. The fraction of sp³-hybridized carbons (Fsp3) is 0.600. The second-order valence-corrected chi connectivity index (χ2v) is 5.55. The highest BCUT2D eigenvalue weighted by molar-refractivity contribution is 5.72. The zero-order valence-electron chi connectivity index (χ0n) is 12.1. The number of imidazole rings is 1. The first-order chi connectivity index (χ1) is 10.2. The molecule has 6 nitrogen and oxygen atoms in total. The summed E-state index contributed by atoms with van der Waals surface area (Å²) in [5.74, 6) is 4.54. The quantitative estimate of drug-likeness (QED) is 0.593. The summed E-state index contributed by atoms with van der Waals surface area (Å²) in [5, 5.41) is 9.00. The van der Waals surface area contributed by atoms with Crippen molar-refractivity contribution in [1.29, 1.82) is 0 Å². The number of rotatable bonds is 7. The van der Waals surface area contributed by atoms with Crippen molar-refractivity contribution in [3.63, 3.8) is 0 Å². The Hall–Kier alpha value is -1.66. The van der Waals surface area contributed by atoms with Crippen LogP contribution in [0.4, 0.5) is 0 Å². The third-order valence-corrected chi connectivity index (χ3v) is 4.09. The number of nitrogens with two attached hydrogens (primary N) is 1. The predicted octanol–water partition coefficient (Wildman–Crippen LogP) is 2.12. The van der Waals surface area contributed by atoms with Crippen LogP contribution in [0.15, 0.2) is 30.4 Å². The number of aliphatic carboxylic acids is 1. The van der Waals surface area contributed by atoms with E-state index in [2.05, 4.69) is 9.82 Å². The van der Waals surface area contributed by atoms with Crippen LogP contribution in [0.25, 0.3) is 0 Å². The summed E-state index contributed by atoms with van der Waals surface area (Å²) in [6.07, 6.45) is 12.9. The number of nitrogens with zero attached hydrogens (tertiary/aromatic N) is 2. The second-order valence-electron chi connectivity index (χ2n) is 5.55. The Morgan fingerprint density at radius 2 is 2.24 bits per heavy atom. The van der Waals surface area contributed by atoms with E-state index < -0.39 is 12.1 Å². The minimum atomic E-state index is -1.03. The third kappa shape index (κ3) is 4.68. The highest BCUT2D eigenvalue weighted by Gasteiger charge is 2.20. The normalized spacial score (nSPS) is 18.6.